The zero-order valence-electron chi connectivity index (χ0n) is 12.8. The summed E-state index contributed by atoms with van der Waals surface area (Å²) in [6.07, 6.45) is 7.96. The number of carbonyl (C=O) groups is 1. The Morgan fingerprint density at radius 2 is 2.05 bits per heavy atom. The highest BCUT2D eigenvalue weighted by Crippen LogP contribution is 2.22. The summed E-state index contributed by atoms with van der Waals surface area (Å²) in [6, 6.07) is 6.60. The molecule has 1 aliphatic carbocycles. The first-order valence-electron chi connectivity index (χ1n) is 8.39. The molecule has 1 aliphatic heterocycles. The predicted octanol–water partition coefficient (Wildman–Crippen LogP) is 2.22. The molecule has 0 radical (unpaired) electrons. The van der Waals surface area contributed by atoms with Crippen molar-refractivity contribution in [2.45, 2.75) is 44.9 Å². The highest BCUT2D eigenvalue weighted by atomic mass is 16.1. The van der Waals surface area contributed by atoms with Crippen molar-refractivity contribution >= 4 is 5.91 Å². The molecule has 1 aromatic carbocycles. The third-order valence-electron chi connectivity index (χ3n) is 4.76. The lowest BCUT2D eigenvalue weighted by Crippen LogP contribution is -2.38. The molecule has 1 unspecified atom stereocenters. The average Bonchev–Trinajstić information content (AvgIpc) is 2.54. The largest absolute Gasteiger partial charge is 0.355 e. The summed E-state index contributed by atoms with van der Waals surface area (Å²) in [4.78, 5) is 12.1. The fourth-order valence-electron chi connectivity index (χ4n) is 3.50. The Labute approximate surface area is 127 Å². The van der Waals surface area contributed by atoms with Crippen LogP contribution in [0.2, 0.25) is 0 Å². The van der Waals surface area contributed by atoms with Gasteiger partial charge in [0.15, 0.2) is 0 Å². The number of carbonyl (C=O) groups excluding carboxylic acids is 1. The normalized spacial score (nSPS) is 21.6. The Bertz CT molecular complexity index is 492. The van der Waals surface area contributed by atoms with E-state index in [0.717, 1.165) is 25.2 Å². The van der Waals surface area contributed by atoms with E-state index in [1.807, 2.05) is 0 Å². The van der Waals surface area contributed by atoms with Crippen LogP contribution in [0, 0.1) is 5.92 Å². The molecule has 21 heavy (non-hydrogen) atoms. The quantitative estimate of drug-likeness (QED) is 0.891. The van der Waals surface area contributed by atoms with Crippen LogP contribution in [0.4, 0.5) is 0 Å². The smallest absolute Gasteiger partial charge is 0.224 e. The van der Waals surface area contributed by atoms with Crippen molar-refractivity contribution in [1.29, 1.82) is 0 Å². The molecule has 1 fully saturated rings. The fraction of sp³-hybridized carbons (Fsp3) is 0.611. The molecule has 2 N–H and O–H groups in total. The van der Waals surface area contributed by atoms with E-state index in [9.17, 15) is 4.79 Å². The van der Waals surface area contributed by atoms with Crippen LogP contribution in [0.5, 0.6) is 0 Å². The van der Waals surface area contributed by atoms with Gasteiger partial charge in [0.1, 0.15) is 0 Å². The number of hydrogen-bond acceptors (Lipinski definition) is 2. The maximum atomic E-state index is 12.1. The molecule has 3 nitrogen and oxygen atoms in total. The number of amides is 1. The molecule has 1 saturated heterocycles. The van der Waals surface area contributed by atoms with Crippen molar-refractivity contribution in [3.63, 3.8) is 0 Å². The SMILES string of the molecule is O=C(Cc1ccc2c(c1)CCCC2)NCC1CCCNC1. The van der Waals surface area contributed by atoms with Crippen LogP contribution in [0.1, 0.15) is 42.4 Å². The summed E-state index contributed by atoms with van der Waals surface area (Å²) >= 11 is 0. The third kappa shape index (κ3) is 4.07. The van der Waals surface area contributed by atoms with Crippen LogP contribution in [-0.4, -0.2) is 25.5 Å². The van der Waals surface area contributed by atoms with Crippen molar-refractivity contribution in [2.75, 3.05) is 19.6 Å². The first kappa shape index (κ1) is 14.6. The molecule has 114 valence electrons. The topological polar surface area (TPSA) is 41.1 Å². The van der Waals surface area contributed by atoms with Gasteiger partial charge >= 0.3 is 0 Å². The number of fused-ring (bicyclic) bond motifs is 1. The van der Waals surface area contributed by atoms with Crippen LogP contribution in [0.15, 0.2) is 18.2 Å². The fourth-order valence-corrected chi connectivity index (χ4v) is 3.50. The molecule has 1 atom stereocenters. The molecule has 2 aliphatic rings. The zero-order chi connectivity index (χ0) is 14.5. The Morgan fingerprint density at radius 1 is 1.19 bits per heavy atom. The lowest BCUT2D eigenvalue weighted by Gasteiger charge is -2.23. The summed E-state index contributed by atoms with van der Waals surface area (Å²) < 4.78 is 0. The van der Waals surface area contributed by atoms with Crippen LogP contribution in [0.25, 0.3) is 0 Å². The van der Waals surface area contributed by atoms with Crippen molar-refractivity contribution < 1.29 is 4.79 Å². The van der Waals surface area contributed by atoms with Gasteiger partial charge in [-0.2, -0.15) is 0 Å². The first-order valence-corrected chi connectivity index (χ1v) is 8.39. The second-order valence-electron chi connectivity index (χ2n) is 6.50. The van der Waals surface area contributed by atoms with Gasteiger partial charge in [0.25, 0.3) is 0 Å². The average molecular weight is 286 g/mol. The van der Waals surface area contributed by atoms with Crippen LogP contribution in [0.3, 0.4) is 0 Å². The molecule has 0 saturated carbocycles. The van der Waals surface area contributed by atoms with Crippen molar-refractivity contribution in [3.8, 4) is 0 Å². The first-order chi connectivity index (χ1) is 10.3. The maximum Gasteiger partial charge on any atom is 0.224 e. The molecular weight excluding hydrogens is 260 g/mol. The minimum absolute atomic E-state index is 0.163. The Balaban J connectivity index is 1.50. The summed E-state index contributed by atoms with van der Waals surface area (Å²) in [5.41, 5.74) is 4.11. The van der Waals surface area contributed by atoms with Gasteiger partial charge in [-0.05, 0) is 74.2 Å². The van der Waals surface area contributed by atoms with E-state index < -0.39 is 0 Å². The molecule has 0 bridgehead atoms. The minimum Gasteiger partial charge on any atom is -0.355 e. The van der Waals surface area contributed by atoms with E-state index in [0.29, 0.717) is 12.3 Å². The van der Waals surface area contributed by atoms with Gasteiger partial charge in [0.05, 0.1) is 6.42 Å². The molecule has 3 rings (SSSR count). The third-order valence-corrected chi connectivity index (χ3v) is 4.76. The number of nitrogens with one attached hydrogen (secondary N) is 2. The van der Waals surface area contributed by atoms with E-state index in [1.165, 1.54) is 49.7 Å². The van der Waals surface area contributed by atoms with Crippen molar-refractivity contribution in [3.05, 3.63) is 34.9 Å². The van der Waals surface area contributed by atoms with Gasteiger partial charge in [-0.25, -0.2) is 0 Å². The Kier molecular flexibility index (Phi) is 4.91. The standard InChI is InChI=1S/C18H26N2O/c21-18(20-13-15-4-3-9-19-12-15)11-14-7-8-16-5-1-2-6-17(16)10-14/h7-8,10,15,19H,1-6,9,11-13H2,(H,20,21). The zero-order valence-corrected chi connectivity index (χ0v) is 12.8. The summed E-state index contributed by atoms with van der Waals surface area (Å²) in [5.74, 6) is 0.766. The lowest BCUT2D eigenvalue weighted by molar-refractivity contribution is -0.120. The number of benzene rings is 1. The second-order valence-corrected chi connectivity index (χ2v) is 6.50. The highest BCUT2D eigenvalue weighted by molar-refractivity contribution is 5.78. The highest BCUT2D eigenvalue weighted by Gasteiger charge is 2.15. The Hall–Kier alpha value is -1.35. The second kappa shape index (κ2) is 7.08. The number of aryl methyl sites for hydroxylation is 2. The number of rotatable bonds is 4. The Morgan fingerprint density at radius 3 is 2.86 bits per heavy atom. The maximum absolute atomic E-state index is 12.1. The number of piperidine rings is 1. The van der Waals surface area contributed by atoms with Gasteiger partial charge in [-0.3, -0.25) is 4.79 Å². The van der Waals surface area contributed by atoms with Crippen LogP contribution < -0.4 is 10.6 Å². The van der Waals surface area contributed by atoms with E-state index in [2.05, 4.69) is 28.8 Å². The van der Waals surface area contributed by atoms with Gasteiger partial charge in [-0.1, -0.05) is 18.2 Å². The molecule has 0 aromatic heterocycles. The monoisotopic (exact) mass is 286 g/mol. The predicted molar refractivity (Wildman–Crippen MR) is 85.4 cm³/mol. The van der Waals surface area contributed by atoms with Gasteiger partial charge < -0.3 is 10.6 Å². The van der Waals surface area contributed by atoms with E-state index in [-0.39, 0.29) is 5.91 Å². The summed E-state index contributed by atoms with van der Waals surface area (Å²) in [5, 5.41) is 6.49. The van der Waals surface area contributed by atoms with Crippen LogP contribution in [-0.2, 0) is 24.1 Å². The van der Waals surface area contributed by atoms with Gasteiger partial charge in [0, 0.05) is 6.54 Å². The summed E-state index contributed by atoms with van der Waals surface area (Å²) in [7, 11) is 0. The lowest BCUT2D eigenvalue weighted by atomic mass is 9.90. The van der Waals surface area contributed by atoms with E-state index in [4.69, 9.17) is 0 Å². The minimum atomic E-state index is 0.163. The molecule has 3 heteroatoms. The summed E-state index contributed by atoms with van der Waals surface area (Å²) in [6.45, 7) is 2.98. The van der Waals surface area contributed by atoms with E-state index >= 15 is 0 Å². The molecule has 1 amide bonds. The number of hydrogen-bond donors (Lipinski definition) is 2. The molecular formula is C18H26N2O. The molecule has 1 aromatic rings. The van der Waals surface area contributed by atoms with Crippen LogP contribution >= 0.6 is 0 Å². The van der Waals surface area contributed by atoms with E-state index in [1.54, 1.807) is 0 Å². The van der Waals surface area contributed by atoms with Gasteiger partial charge in [-0.15, -0.1) is 0 Å². The van der Waals surface area contributed by atoms with Crippen molar-refractivity contribution in [2.24, 2.45) is 5.92 Å². The van der Waals surface area contributed by atoms with Crippen molar-refractivity contribution in [1.82, 2.24) is 10.6 Å². The molecule has 0 spiro atoms. The van der Waals surface area contributed by atoms with Gasteiger partial charge in [0.2, 0.25) is 5.91 Å². The molecule has 1 heterocycles.